The van der Waals surface area contributed by atoms with Crippen molar-refractivity contribution in [3.05, 3.63) is 47.5 Å². The molecule has 0 unspecified atom stereocenters. The number of thioether (sulfide) groups is 2. The lowest BCUT2D eigenvalue weighted by atomic mass is 10.1. The third kappa shape index (κ3) is 10.2. The molecule has 0 saturated carbocycles. The third-order valence-corrected chi connectivity index (χ3v) is 8.97. The number of aryl methyl sites for hydroxylation is 2. The predicted molar refractivity (Wildman–Crippen MR) is 142 cm³/mol. The maximum Gasteiger partial charge on any atom is 0.256 e. The minimum absolute atomic E-state index is 0.162. The van der Waals surface area contributed by atoms with Gasteiger partial charge in [0.2, 0.25) is 0 Å². The van der Waals surface area contributed by atoms with Crippen LogP contribution in [-0.4, -0.2) is 44.3 Å². The van der Waals surface area contributed by atoms with Gasteiger partial charge in [-0.15, -0.1) is 0 Å². The van der Waals surface area contributed by atoms with Crippen LogP contribution >= 0.6 is 34.3 Å². The van der Waals surface area contributed by atoms with E-state index in [1.807, 2.05) is 69.0 Å². The second-order valence-electron chi connectivity index (χ2n) is 6.77. The summed E-state index contributed by atoms with van der Waals surface area (Å²) in [6, 6.07) is 11.0. The fourth-order valence-electron chi connectivity index (χ4n) is 2.73. The van der Waals surface area contributed by atoms with Crippen molar-refractivity contribution in [1.82, 2.24) is 0 Å². The fourth-order valence-corrected chi connectivity index (χ4v) is 7.03. The highest BCUT2D eigenvalue weighted by Gasteiger charge is 2.02. The molecule has 2 aromatic rings. The molecule has 0 aliphatic rings. The first-order chi connectivity index (χ1) is 14.6. The zero-order chi connectivity index (χ0) is 21.6. The number of nitrogen functional groups attached to an aromatic ring is 2. The van der Waals surface area contributed by atoms with Crippen LogP contribution in [0.1, 0.15) is 24.0 Å². The highest BCUT2D eigenvalue weighted by Crippen LogP contribution is 2.22. The van der Waals surface area contributed by atoms with E-state index in [1.54, 1.807) is 12.1 Å². The Kier molecular flexibility index (Phi) is 12.3. The van der Waals surface area contributed by atoms with E-state index >= 15 is 0 Å². The second-order valence-corrected chi connectivity index (χ2v) is 11.6. The van der Waals surface area contributed by atoms with Crippen molar-refractivity contribution < 1.29 is 10.2 Å². The summed E-state index contributed by atoms with van der Waals surface area (Å²) >= 11 is 3.95. The van der Waals surface area contributed by atoms with Gasteiger partial charge in [-0.3, -0.25) is 0 Å². The summed E-state index contributed by atoms with van der Waals surface area (Å²) in [5.74, 6) is 6.01. The summed E-state index contributed by atoms with van der Waals surface area (Å²) < 4.78 is 0. The molecule has 2 aromatic carbocycles. The van der Waals surface area contributed by atoms with Crippen molar-refractivity contribution in [2.24, 2.45) is 0 Å². The Morgan fingerprint density at radius 2 is 1.33 bits per heavy atom. The molecule has 0 spiro atoms. The van der Waals surface area contributed by atoms with Crippen molar-refractivity contribution in [2.75, 3.05) is 40.2 Å². The Morgan fingerprint density at radius 1 is 0.767 bits per heavy atom. The monoisotopic (exact) mass is 483 g/mol. The first-order valence-electron chi connectivity index (χ1n) is 9.96. The normalized spacial score (nSPS) is 11.3. The van der Waals surface area contributed by atoms with Gasteiger partial charge in [0.05, 0.1) is 22.9 Å². The minimum atomic E-state index is 0.162. The van der Waals surface area contributed by atoms with Gasteiger partial charge in [-0.1, -0.05) is 12.1 Å². The van der Waals surface area contributed by atoms with Gasteiger partial charge in [0.15, 0.2) is 16.2 Å². The molecular formula is C22H31N2O2S4+. The Labute approximate surface area is 196 Å². The summed E-state index contributed by atoms with van der Waals surface area (Å²) in [5, 5.41) is 21.2. The smallest absolute Gasteiger partial charge is 0.256 e. The van der Waals surface area contributed by atoms with Crippen LogP contribution in [0, 0.1) is 0 Å². The lowest BCUT2D eigenvalue weighted by Gasteiger charge is -2.04. The molecule has 0 heterocycles. The van der Waals surface area contributed by atoms with E-state index in [4.69, 9.17) is 11.5 Å². The quantitative estimate of drug-likeness (QED) is 0.0764. The van der Waals surface area contributed by atoms with E-state index < -0.39 is 0 Å². The summed E-state index contributed by atoms with van der Waals surface area (Å²) in [6.45, 7) is 0. The van der Waals surface area contributed by atoms with Gasteiger partial charge in [-0.2, -0.15) is 23.5 Å². The van der Waals surface area contributed by atoms with E-state index in [1.165, 1.54) is 16.9 Å². The summed E-state index contributed by atoms with van der Waals surface area (Å²) in [4.78, 5) is 0. The Morgan fingerprint density at radius 3 is 1.90 bits per heavy atom. The molecule has 0 bridgehead atoms. The number of anilines is 2. The van der Waals surface area contributed by atoms with Crippen LogP contribution in [-0.2, 0) is 23.2 Å². The van der Waals surface area contributed by atoms with E-state index in [0.29, 0.717) is 11.4 Å². The van der Waals surface area contributed by atoms with Gasteiger partial charge in [0.1, 0.15) is 11.5 Å². The molecule has 0 fully saturated rings. The molecule has 4 nitrogen and oxygen atoms in total. The molecule has 164 valence electrons. The standard InChI is InChI=1S/C22H30N2O2S4/c23-19-15-17(5-7-21(19)25)3-1-9-27-11-13-29-30-14-12-28-10-2-4-18-6-8-22(26)20(24)16-18/h5-8,13,15-16H,1-4,9-12,14,23-24H2,(H-,25,26)/p+1. The summed E-state index contributed by atoms with van der Waals surface area (Å²) in [7, 11) is 3.77. The van der Waals surface area contributed by atoms with Crippen LogP contribution in [0.3, 0.4) is 0 Å². The van der Waals surface area contributed by atoms with Crippen molar-refractivity contribution in [1.29, 1.82) is 0 Å². The zero-order valence-corrected chi connectivity index (χ0v) is 20.4. The number of hydrogen-bond donors (Lipinski definition) is 4. The molecule has 0 atom stereocenters. The number of rotatable bonds is 14. The SMILES string of the molecule is Nc1cc(CCCSCC=[S+]SCCSCCCc2ccc(O)c(N)c2)ccc1O. The summed E-state index contributed by atoms with van der Waals surface area (Å²) in [5.41, 5.74) is 14.7. The maximum atomic E-state index is 9.44. The van der Waals surface area contributed by atoms with Crippen LogP contribution in [0.2, 0.25) is 0 Å². The predicted octanol–water partition coefficient (Wildman–Crippen LogP) is 4.83. The topological polar surface area (TPSA) is 92.5 Å². The van der Waals surface area contributed by atoms with Crippen LogP contribution in [0.25, 0.3) is 0 Å². The van der Waals surface area contributed by atoms with Crippen LogP contribution in [0.15, 0.2) is 36.4 Å². The fraction of sp³-hybridized carbons (Fsp3) is 0.409. The Balaban J connectivity index is 1.39. The van der Waals surface area contributed by atoms with Gasteiger partial charge < -0.3 is 21.7 Å². The largest absolute Gasteiger partial charge is 0.506 e. The maximum absolute atomic E-state index is 9.44. The van der Waals surface area contributed by atoms with Crippen LogP contribution in [0.5, 0.6) is 11.5 Å². The lowest BCUT2D eigenvalue weighted by Crippen LogP contribution is -1.93. The molecule has 6 N–H and O–H groups in total. The number of phenolic OH excluding ortho intramolecular Hbond substituents is 2. The molecule has 0 aromatic heterocycles. The molecule has 2 rings (SSSR count). The average Bonchev–Trinajstić information content (AvgIpc) is 2.73. The molecular weight excluding hydrogens is 453 g/mol. The number of phenols is 2. The van der Waals surface area contributed by atoms with Gasteiger partial charge in [-0.05, 0) is 72.6 Å². The van der Waals surface area contributed by atoms with E-state index in [2.05, 4.69) is 5.37 Å². The number of hydrogen-bond acceptors (Lipinski definition) is 7. The molecule has 0 aliphatic carbocycles. The first-order valence-corrected chi connectivity index (χ1v) is 14.7. The molecule has 0 radical (unpaired) electrons. The highest BCUT2D eigenvalue weighted by atomic mass is 33.1. The van der Waals surface area contributed by atoms with Crippen LogP contribution in [0.4, 0.5) is 11.4 Å². The van der Waals surface area contributed by atoms with Gasteiger partial charge >= 0.3 is 0 Å². The van der Waals surface area contributed by atoms with Crippen molar-refractivity contribution in [3.63, 3.8) is 0 Å². The van der Waals surface area contributed by atoms with Crippen molar-refractivity contribution in [3.8, 4) is 11.5 Å². The van der Waals surface area contributed by atoms with Crippen molar-refractivity contribution >= 4 is 61.4 Å². The van der Waals surface area contributed by atoms with Gasteiger partial charge in [0.25, 0.3) is 10.4 Å². The van der Waals surface area contributed by atoms with Gasteiger partial charge in [-0.25, -0.2) is 0 Å². The zero-order valence-electron chi connectivity index (χ0n) is 17.1. The molecule has 8 heteroatoms. The Bertz CT molecular complexity index is 803. The Hall–Kier alpha value is -1.22. The van der Waals surface area contributed by atoms with Gasteiger partial charge in [0, 0.05) is 5.75 Å². The number of aromatic hydroxyl groups is 2. The molecule has 0 aliphatic heterocycles. The van der Waals surface area contributed by atoms with E-state index in [-0.39, 0.29) is 11.5 Å². The highest BCUT2D eigenvalue weighted by molar-refractivity contribution is 8.65. The molecule has 0 amide bonds. The lowest BCUT2D eigenvalue weighted by molar-refractivity contribution is 0.477. The number of benzene rings is 2. The number of nitrogens with two attached hydrogens (primary N) is 2. The van der Waals surface area contributed by atoms with Crippen LogP contribution < -0.4 is 11.5 Å². The molecule has 30 heavy (non-hydrogen) atoms. The van der Waals surface area contributed by atoms with E-state index in [0.717, 1.165) is 48.7 Å². The third-order valence-electron chi connectivity index (χ3n) is 4.33. The first kappa shape index (κ1) is 25.0. The minimum Gasteiger partial charge on any atom is -0.506 e. The van der Waals surface area contributed by atoms with E-state index in [9.17, 15) is 10.2 Å². The summed E-state index contributed by atoms with van der Waals surface area (Å²) in [6.07, 6.45) is 4.25. The molecule has 0 saturated heterocycles. The average molecular weight is 484 g/mol. The van der Waals surface area contributed by atoms with Crippen molar-refractivity contribution in [2.45, 2.75) is 25.7 Å². The second kappa shape index (κ2) is 14.7.